The number of carbonyl (C=O) groups excluding carboxylic acids is 2. The number of ether oxygens (including phenoxy) is 2. The molecule has 0 aromatic carbocycles. The van der Waals surface area contributed by atoms with Crippen LogP contribution in [0.3, 0.4) is 0 Å². The van der Waals surface area contributed by atoms with Crippen molar-refractivity contribution in [2.24, 2.45) is 10.9 Å². The van der Waals surface area contributed by atoms with Crippen LogP contribution < -0.4 is 4.90 Å². The first-order valence-corrected chi connectivity index (χ1v) is 9.94. The average molecular weight is 408 g/mol. The van der Waals surface area contributed by atoms with Crippen molar-refractivity contribution in [2.75, 3.05) is 65.4 Å². The van der Waals surface area contributed by atoms with Crippen LogP contribution >= 0.6 is 0 Å². The fraction of sp³-hybridized carbons (Fsp3) is 0.650. The largest absolute Gasteiger partial charge is 0.465 e. The summed E-state index contributed by atoms with van der Waals surface area (Å²) in [6.07, 6.45) is 0. The third-order valence-corrected chi connectivity index (χ3v) is 4.47. The van der Waals surface area contributed by atoms with E-state index in [1.165, 1.54) is 0 Å². The van der Waals surface area contributed by atoms with Gasteiger partial charge in [-0.05, 0) is 34.0 Å². The maximum Gasteiger partial charge on any atom is 0.328 e. The predicted octanol–water partition coefficient (Wildman–Crippen LogP) is 1.23. The van der Waals surface area contributed by atoms with Gasteiger partial charge in [-0.3, -0.25) is 14.6 Å². The third kappa shape index (κ3) is 6.22. The molecule has 0 fully saturated rings. The number of carbonyl (C=O) groups is 2. The summed E-state index contributed by atoms with van der Waals surface area (Å²) in [5, 5.41) is 0. The molecule has 0 saturated carbocycles. The molecular formula is C20H32N4O5. The first-order chi connectivity index (χ1) is 13.9. The van der Waals surface area contributed by atoms with Crippen molar-refractivity contribution < 1.29 is 23.5 Å². The SMILES string of the molecule is CCOC(=O)C(C(=O)OCC)C1=NCCN1CCN(C)c1ccc(CN(C)C)o1. The molecule has 0 N–H and O–H groups in total. The monoisotopic (exact) mass is 408 g/mol. The number of furan rings is 1. The molecule has 9 nitrogen and oxygen atoms in total. The summed E-state index contributed by atoms with van der Waals surface area (Å²) in [6, 6.07) is 3.91. The van der Waals surface area contributed by atoms with Crippen molar-refractivity contribution >= 4 is 23.7 Å². The number of hydrogen-bond acceptors (Lipinski definition) is 9. The Balaban J connectivity index is 2.02. The van der Waals surface area contributed by atoms with Crippen LogP contribution in [0.15, 0.2) is 21.5 Å². The normalized spacial score (nSPS) is 13.8. The second-order valence-electron chi connectivity index (χ2n) is 7.06. The Morgan fingerprint density at radius 3 is 2.41 bits per heavy atom. The zero-order valence-electron chi connectivity index (χ0n) is 18.0. The molecule has 29 heavy (non-hydrogen) atoms. The van der Waals surface area contributed by atoms with Gasteiger partial charge in [0.15, 0.2) is 5.88 Å². The Hall–Kier alpha value is -2.55. The average Bonchev–Trinajstić information content (AvgIpc) is 3.30. The first kappa shape index (κ1) is 22.7. The Bertz CT molecular complexity index is 697. The fourth-order valence-electron chi connectivity index (χ4n) is 3.11. The smallest absolute Gasteiger partial charge is 0.328 e. The van der Waals surface area contributed by atoms with E-state index in [0.29, 0.717) is 32.0 Å². The Kier molecular flexibility index (Phi) is 8.50. The maximum atomic E-state index is 12.4. The summed E-state index contributed by atoms with van der Waals surface area (Å²) >= 11 is 0. The minimum absolute atomic E-state index is 0.193. The fourth-order valence-corrected chi connectivity index (χ4v) is 3.11. The van der Waals surface area contributed by atoms with Gasteiger partial charge in [-0.25, -0.2) is 0 Å². The number of rotatable bonds is 11. The van der Waals surface area contributed by atoms with Gasteiger partial charge in [0.05, 0.1) is 26.3 Å². The molecule has 0 radical (unpaired) electrons. The molecule has 0 aliphatic carbocycles. The Morgan fingerprint density at radius 2 is 1.83 bits per heavy atom. The van der Waals surface area contributed by atoms with Crippen molar-refractivity contribution in [1.29, 1.82) is 0 Å². The van der Waals surface area contributed by atoms with Crippen LogP contribution in [0.25, 0.3) is 0 Å². The number of likely N-dealkylation sites (N-methyl/N-ethyl adjacent to an activating group) is 1. The lowest BCUT2D eigenvalue weighted by Crippen LogP contribution is -2.45. The van der Waals surface area contributed by atoms with Gasteiger partial charge in [0.2, 0.25) is 5.92 Å². The lowest BCUT2D eigenvalue weighted by atomic mass is 10.1. The van der Waals surface area contributed by atoms with Crippen LogP contribution in [-0.4, -0.2) is 88.1 Å². The minimum atomic E-state index is -1.14. The van der Waals surface area contributed by atoms with Crippen molar-refractivity contribution in [3.63, 3.8) is 0 Å². The Labute approximate surface area is 172 Å². The molecule has 1 aliphatic rings. The summed E-state index contributed by atoms with van der Waals surface area (Å²) in [6.45, 7) is 6.94. The van der Waals surface area contributed by atoms with Gasteiger partial charge in [-0.2, -0.15) is 0 Å². The van der Waals surface area contributed by atoms with E-state index < -0.39 is 17.9 Å². The maximum absolute atomic E-state index is 12.4. The molecule has 1 aromatic heterocycles. The summed E-state index contributed by atoms with van der Waals surface area (Å²) in [5.41, 5.74) is 0. The molecule has 2 heterocycles. The molecule has 0 spiro atoms. The zero-order valence-corrected chi connectivity index (χ0v) is 18.0. The van der Waals surface area contributed by atoms with Crippen molar-refractivity contribution in [3.8, 4) is 0 Å². The van der Waals surface area contributed by atoms with E-state index in [9.17, 15) is 9.59 Å². The topological polar surface area (TPSA) is 87.8 Å². The molecular weight excluding hydrogens is 376 g/mol. The van der Waals surface area contributed by atoms with Crippen LogP contribution in [0.5, 0.6) is 0 Å². The molecule has 0 saturated heterocycles. The molecule has 0 unspecified atom stereocenters. The number of amidine groups is 1. The van der Waals surface area contributed by atoms with Crippen LogP contribution in [0.4, 0.5) is 5.88 Å². The van der Waals surface area contributed by atoms with Gasteiger partial charge < -0.3 is 28.6 Å². The molecule has 1 aromatic rings. The third-order valence-electron chi connectivity index (χ3n) is 4.47. The van der Waals surface area contributed by atoms with Crippen LogP contribution in [0.1, 0.15) is 19.6 Å². The van der Waals surface area contributed by atoms with E-state index in [4.69, 9.17) is 13.9 Å². The summed E-state index contributed by atoms with van der Waals surface area (Å²) in [5.74, 6) is -0.300. The second kappa shape index (κ2) is 10.8. The van der Waals surface area contributed by atoms with Crippen molar-refractivity contribution in [3.05, 3.63) is 17.9 Å². The summed E-state index contributed by atoms with van der Waals surface area (Å²) in [4.78, 5) is 35.2. The van der Waals surface area contributed by atoms with Crippen molar-refractivity contribution in [2.45, 2.75) is 20.4 Å². The quantitative estimate of drug-likeness (QED) is 0.399. The highest BCUT2D eigenvalue weighted by Crippen LogP contribution is 2.19. The van der Waals surface area contributed by atoms with E-state index in [0.717, 1.165) is 18.2 Å². The molecule has 0 amide bonds. The standard InChI is InChI=1S/C20H32N4O5/c1-6-27-19(25)17(20(26)28-7-2)18-21-10-11-24(18)13-12-23(5)16-9-8-15(29-16)14-22(3)4/h8-9,17H,6-7,10-14H2,1-5H3. The van der Waals surface area contributed by atoms with Gasteiger partial charge in [0, 0.05) is 32.7 Å². The lowest BCUT2D eigenvalue weighted by Gasteiger charge is -2.26. The van der Waals surface area contributed by atoms with Gasteiger partial charge in [0.25, 0.3) is 0 Å². The highest BCUT2D eigenvalue weighted by Gasteiger charge is 2.39. The summed E-state index contributed by atoms with van der Waals surface area (Å²) < 4.78 is 16.0. The van der Waals surface area contributed by atoms with E-state index in [2.05, 4.69) is 4.99 Å². The highest BCUT2D eigenvalue weighted by molar-refractivity contribution is 6.16. The van der Waals surface area contributed by atoms with Crippen LogP contribution in [-0.2, 0) is 25.6 Å². The van der Waals surface area contributed by atoms with E-state index >= 15 is 0 Å². The molecule has 0 atom stereocenters. The van der Waals surface area contributed by atoms with E-state index in [1.807, 2.05) is 48.0 Å². The molecule has 162 valence electrons. The number of aliphatic imine (C=N–C) groups is 1. The number of anilines is 1. The molecule has 9 heteroatoms. The van der Waals surface area contributed by atoms with E-state index in [1.54, 1.807) is 13.8 Å². The zero-order chi connectivity index (χ0) is 21.4. The summed E-state index contributed by atoms with van der Waals surface area (Å²) in [7, 11) is 5.92. The molecule has 2 rings (SSSR count). The number of hydrogen-bond donors (Lipinski definition) is 0. The lowest BCUT2D eigenvalue weighted by molar-refractivity contribution is -0.158. The van der Waals surface area contributed by atoms with Crippen LogP contribution in [0, 0.1) is 5.92 Å². The van der Waals surface area contributed by atoms with Gasteiger partial charge >= 0.3 is 11.9 Å². The highest BCUT2D eigenvalue weighted by atomic mass is 16.6. The van der Waals surface area contributed by atoms with Crippen molar-refractivity contribution in [1.82, 2.24) is 9.80 Å². The number of esters is 2. The number of nitrogens with zero attached hydrogens (tertiary/aromatic N) is 4. The first-order valence-electron chi connectivity index (χ1n) is 9.94. The van der Waals surface area contributed by atoms with Gasteiger partial charge in [-0.15, -0.1) is 0 Å². The molecule has 0 bridgehead atoms. The van der Waals surface area contributed by atoms with E-state index in [-0.39, 0.29) is 13.2 Å². The van der Waals surface area contributed by atoms with Gasteiger partial charge in [0.1, 0.15) is 11.6 Å². The minimum Gasteiger partial charge on any atom is -0.465 e. The predicted molar refractivity (Wildman–Crippen MR) is 110 cm³/mol. The second-order valence-corrected chi connectivity index (χ2v) is 7.06. The Morgan fingerprint density at radius 1 is 1.17 bits per heavy atom. The van der Waals surface area contributed by atoms with Gasteiger partial charge in [-0.1, -0.05) is 0 Å². The van der Waals surface area contributed by atoms with Crippen LogP contribution in [0.2, 0.25) is 0 Å². The molecule has 1 aliphatic heterocycles.